The molecule has 0 aliphatic heterocycles. The number of hydrogen-bond donors (Lipinski definition) is 1. The van der Waals surface area contributed by atoms with Crippen LogP contribution < -0.4 is 15.0 Å². The molecule has 4 saturated carbocycles. The van der Waals surface area contributed by atoms with Gasteiger partial charge in [-0.15, -0.1) is 0 Å². The summed E-state index contributed by atoms with van der Waals surface area (Å²) >= 11 is 0. The van der Waals surface area contributed by atoms with E-state index in [4.69, 9.17) is 4.74 Å². The third kappa shape index (κ3) is 3.48. The lowest BCUT2D eigenvalue weighted by Crippen LogP contribution is -2.48. The standard InChI is InChI=1S/C19H29N5O2/c1-24(2)17-21-15(22-18(23-17)26-3)11-20-16(25)10-19-7-12-4-13(8-19)6-14(5-12)9-19/h12-14H,4-11H2,1-3H3,(H,20,25). The Kier molecular flexibility index (Phi) is 4.49. The van der Waals surface area contributed by atoms with E-state index in [1.807, 2.05) is 14.1 Å². The minimum absolute atomic E-state index is 0.123. The zero-order valence-corrected chi connectivity index (χ0v) is 16.0. The van der Waals surface area contributed by atoms with Crippen LogP contribution in [0.15, 0.2) is 0 Å². The average Bonchev–Trinajstić information content (AvgIpc) is 2.58. The quantitative estimate of drug-likeness (QED) is 0.838. The van der Waals surface area contributed by atoms with Crippen molar-refractivity contribution in [3.05, 3.63) is 5.82 Å². The molecule has 0 spiro atoms. The second-order valence-electron chi connectivity index (χ2n) is 8.80. The van der Waals surface area contributed by atoms with Gasteiger partial charge in [0.1, 0.15) is 0 Å². The van der Waals surface area contributed by atoms with Crippen LogP contribution in [0.5, 0.6) is 6.01 Å². The highest BCUT2D eigenvalue weighted by Gasteiger charge is 2.51. The van der Waals surface area contributed by atoms with Gasteiger partial charge in [-0.1, -0.05) is 0 Å². The fourth-order valence-electron chi connectivity index (χ4n) is 5.84. The third-order valence-corrected chi connectivity index (χ3v) is 6.38. The van der Waals surface area contributed by atoms with Crippen molar-refractivity contribution in [2.75, 3.05) is 26.1 Å². The Balaban J connectivity index is 1.38. The van der Waals surface area contributed by atoms with Crippen molar-refractivity contribution in [3.8, 4) is 6.01 Å². The van der Waals surface area contributed by atoms with Crippen LogP contribution in [0.1, 0.15) is 50.8 Å². The van der Waals surface area contributed by atoms with Crippen molar-refractivity contribution in [1.29, 1.82) is 0 Å². The Morgan fingerprint density at radius 1 is 1.12 bits per heavy atom. The van der Waals surface area contributed by atoms with E-state index in [0.29, 0.717) is 24.7 Å². The SMILES string of the molecule is COc1nc(CNC(=O)CC23CC4CC(CC(C4)C2)C3)nc(N(C)C)n1. The number of methoxy groups -OCH3 is 1. The Morgan fingerprint density at radius 3 is 2.27 bits per heavy atom. The molecular formula is C19H29N5O2. The first kappa shape index (κ1) is 17.5. The van der Waals surface area contributed by atoms with Crippen LogP contribution in [0.4, 0.5) is 5.95 Å². The van der Waals surface area contributed by atoms with Gasteiger partial charge in [0, 0.05) is 20.5 Å². The van der Waals surface area contributed by atoms with Crippen LogP contribution in [-0.4, -0.2) is 42.1 Å². The highest BCUT2D eigenvalue weighted by atomic mass is 16.5. The van der Waals surface area contributed by atoms with Gasteiger partial charge >= 0.3 is 6.01 Å². The summed E-state index contributed by atoms with van der Waals surface area (Å²) in [5.74, 6) is 3.78. The molecule has 1 amide bonds. The summed E-state index contributed by atoms with van der Waals surface area (Å²) in [5, 5.41) is 3.03. The summed E-state index contributed by atoms with van der Waals surface area (Å²) in [4.78, 5) is 27.3. The number of rotatable bonds is 6. The van der Waals surface area contributed by atoms with Gasteiger partial charge in [-0.3, -0.25) is 4.79 Å². The van der Waals surface area contributed by atoms with Crippen molar-refractivity contribution >= 4 is 11.9 Å². The van der Waals surface area contributed by atoms with E-state index in [9.17, 15) is 4.79 Å². The van der Waals surface area contributed by atoms with Crippen molar-refractivity contribution in [2.24, 2.45) is 23.2 Å². The van der Waals surface area contributed by atoms with Gasteiger partial charge in [-0.25, -0.2) is 0 Å². The van der Waals surface area contributed by atoms with Crippen molar-refractivity contribution < 1.29 is 9.53 Å². The second kappa shape index (κ2) is 6.67. The number of carbonyl (C=O) groups is 1. The van der Waals surface area contributed by atoms with Gasteiger partial charge in [0.15, 0.2) is 5.82 Å². The molecule has 4 bridgehead atoms. The lowest BCUT2D eigenvalue weighted by atomic mass is 9.49. The minimum atomic E-state index is 0.123. The number of nitrogens with one attached hydrogen (secondary N) is 1. The number of carbonyl (C=O) groups excluding carboxylic acids is 1. The number of aromatic nitrogens is 3. The number of nitrogens with zero attached hydrogens (tertiary/aromatic N) is 4. The molecule has 0 aromatic carbocycles. The van der Waals surface area contributed by atoms with E-state index in [1.54, 1.807) is 4.90 Å². The fraction of sp³-hybridized carbons (Fsp3) is 0.789. The van der Waals surface area contributed by atoms with E-state index in [-0.39, 0.29) is 17.3 Å². The molecule has 142 valence electrons. The van der Waals surface area contributed by atoms with E-state index in [1.165, 1.54) is 45.6 Å². The van der Waals surface area contributed by atoms with Crippen LogP contribution in [0.2, 0.25) is 0 Å². The first-order chi connectivity index (χ1) is 12.4. The summed E-state index contributed by atoms with van der Waals surface area (Å²) in [6, 6.07) is 0.272. The molecule has 4 aliphatic rings. The molecule has 7 nitrogen and oxygen atoms in total. The summed E-state index contributed by atoms with van der Waals surface area (Å²) in [6.07, 6.45) is 8.60. The Hall–Kier alpha value is -1.92. The zero-order chi connectivity index (χ0) is 18.3. The molecule has 0 saturated heterocycles. The number of ether oxygens (including phenoxy) is 1. The van der Waals surface area contributed by atoms with E-state index >= 15 is 0 Å². The highest BCUT2D eigenvalue weighted by molar-refractivity contribution is 5.76. The van der Waals surface area contributed by atoms with Crippen LogP contribution in [0.25, 0.3) is 0 Å². The molecule has 1 aromatic rings. The second-order valence-corrected chi connectivity index (χ2v) is 8.80. The molecule has 0 atom stereocenters. The lowest BCUT2D eigenvalue weighted by molar-refractivity contribution is -0.129. The third-order valence-electron chi connectivity index (χ3n) is 6.38. The van der Waals surface area contributed by atoms with Gasteiger partial charge in [0.05, 0.1) is 13.7 Å². The van der Waals surface area contributed by atoms with Crippen LogP contribution in [0.3, 0.4) is 0 Å². The van der Waals surface area contributed by atoms with Crippen LogP contribution in [0, 0.1) is 23.2 Å². The van der Waals surface area contributed by atoms with Crippen LogP contribution in [-0.2, 0) is 11.3 Å². The van der Waals surface area contributed by atoms with E-state index < -0.39 is 0 Å². The predicted molar refractivity (Wildman–Crippen MR) is 97.8 cm³/mol. The van der Waals surface area contributed by atoms with E-state index in [0.717, 1.165) is 17.8 Å². The largest absolute Gasteiger partial charge is 0.467 e. The molecule has 5 rings (SSSR count). The van der Waals surface area contributed by atoms with Gasteiger partial charge in [-0.05, 0) is 61.7 Å². The molecule has 1 heterocycles. The normalized spacial score (nSPS) is 31.7. The van der Waals surface area contributed by atoms with Crippen LogP contribution >= 0.6 is 0 Å². The summed E-state index contributed by atoms with van der Waals surface area (Å²) < 4.78 is 5.14. The van der Waals surface area contributed by atoms with Crippen molar-refractivity contribution in [3.63, 3.8) is 0 Å². The number of hydrogen-bond acceptors (Lipinski definition) is 6. The van der Waals surface area contributed by atoms with Gasteiger partial charge < -0.3 is 15.0 Å². The molecule has 0 radical (unpaired) electrons. The number of amides is 1. The molecule has 4 aliphatic carbocycles. The fourth-order valence-corrected chi connectivity index (χ4v) is 5.84. The molecular weight excluding hydrogens is 330 g/mol. The molecule has 26 heavy (non-hydrogen) atoms. The smallest absolute Gasteiger partial charge is 0.321 e. The highest BCUT2D eigenvalue weighted by Crippen LogP contribution is 2.61. The summed E-state index contributed by atoms with van der Waals surface area (Å²) in [7, 11) is 5.26. The minimum Gasteiger partial charge on any atom is -0.467 e. The van der Waals surface area contributed by atoms with Crippen molar-refractivity contribution in [2.45, 2.75) is 51.5 Å². The van der Waals surface area contributed by atoms with Gasteiger partial charge in [0.25, 0.3) is 0 Å². The van der Waals surface area contributed by atoms with Gasteiger partial charge in [0.2, 0.25) is 11.9 Å². The molecule has 4 fully saturated rings. The van der Waals surface area contributed by atoms with Gasteiger partial charge in [-0.2, -0.15) is 15.0 Å². The zero-order valence-electron chi connectivity index (χ0n) is 16.0. The molecule has 0 unspecified atom stereocenters. The number of anilines is 1. The maximum absolute atomic E-state index is 12.7. The monoisotopic (exact) mass is 359 g/mol. The lowest BCUT2D eigenvalue weighted by Gasteiger charge is -2.56. The Morgan fingerprint density at radius 2 is 1.73 bits per heavy atom. The summed E-state index contributed by atoms with van der Waals surface area (Å²) in [5.41, 5.74) is 0.254. The first-order valence-electron chi connectivity index (χ1n) is 9.68. The topological polar surface area (TPSA) is 80.2 Å². The molecule has 7 heteroatoms. The Labute approximate surface area is 154 Å². The maximum Gasteiger partial charge on any atom is 0.321 e. The molecule has 1 N–H and O–H groups in total. The summed E-state index contributed by atoms with van der Waals surface area (Å²) in [6.45, 7) is 0.310. The van der Waals surface area contributed by atoms with E-state index in [2.05, 4.69) is 20.3 Å². The average molecular weight is 359 g/mol. The Bertz CT molecular complexity index is 655. The molecule has 1 aromatic heterocycles. The maximum atomic E-state index is 12.7. The van der Waals surface area contributed by atoms with Crippen molar-refractivity contribution in [1.82, 2.24) is 20.3 Å². The first-order valence-corrected chi connectivity index (χ1v) is 9.68. The predicted octanol–water partition coefficient (Wildman–Crippen LogP) is 2.17.